The summed E-state index contributed by atoms with van der Waals surface area (Å²) in [7, 11) is 0. The Bertz CT molecular complexity index is 1070. The fraction of sp³-hybridized carbons (Fsp3) is 0. The van der Waals surface area contributed by atoms with Gasteiger partial charge in [-0.2, -0.15) is 0 Å². The molecule has 0 amide bonds. The number of para-hydroxylation sites is 1. The van der Waals surface area contributed by atoms with Crippen molar-refractivity contribution in [2.75, 3.05) is 0 Å². The highest BCUT2D eigenvalue weighted by molar-refractivity contribution is 9.10. The molecule has 1 aromatic heterocycles. The molecule has 0 aliphatic rings. The average molecular weight is 392 g/mol. The van der Waals surface area contributed by atoms with Gasteiger partial charge in [-0.05, 0) is 46.3 Å². The number of halogens is 3. The molecule has 23 heavy (non-hydrogen) atoms. The third-order valence-electron chi connectivity index (χ3n) is 3.78. The minimum absolute atomic E-state index is 0.0304. The Morgan fingerprint density at radius 2 is 1.87 bits per heavy atom. The van der Waals surface area contributed by atoms with E-state index in [1.165, 1.54) is 12.1 Å². The molecule has 0 aliphatic carbocycles. The van der Waals surface area contributed by atoms with Gasteiger partial charge in [0.1, 0.15) is 22.7 Å². The van der Waals surface area contributed by atoms with Crippen molar-refractivity contribution in [1.82, 2.24) is 0 Å². The second-order valence-corrected chi connectivity index (χ2v) is 6.47. The summed E-state index contributed by atoms with van der Waals surface area (Å²) in [4.78, 5) is 0. The average Bonchev–Trinajstić information content (AvgIpc) is 2.89. The number of phenols is 1. The summed E-state index contributed by atoms with van der Waals surface area (Å²) in [5.41, 5.74) is 1.90. The van der Waals surface area contributed by atoms with Gasteiger partial charge in [0.2, 0.25) is 0 Å². The van der Waals surface area contributed by atoms with Crippen molar-refractivity contribution < 1.29 is 13.9 Å². The second-order valence-electron chi connectivity index (χ2n) is 5.18. The van der Waals surface area contributed by atoms with Gasteiger partial charge in [0.15, 0.2) is 0 Å². The molecule has 3 aromatic carbocycles. The molecule has 4 rings (SSSR count). The Morgan fingerprint density at radius 1 is 1.09 bits per heavy atom. The summed E-state index contributed by atoms with van der Waals surface area (Å²) < 4.78 is 20.9. The Hall–Kier alpha value is -2.04. The predicted octanol–water partition coefficient (Wildman–Crippen LogP) is 6.51. The number of hydrogen-bond acceptors (Lipinski definition) is 2. The van der Waals surface area contributed by atoms with Crippen LogP contribution in [0.15, 0.2) is 57.4 Å². The molecule has 0 spiro atoms. The second kappa shape index (κ2) is 5.25. The van der Waals surface area contributed by atoms with Gasteiger partial charge in [-0.25, -0.2) is 4.39 Å². The number of phenolic OH excluding ortho intramolecular Hbond substituents is 1. The monoisotopic (exact) mass is 390 g/mol. The first kappa shape index (κ1) is 14.5. The molecule has 1 heterocycles. The molecule has 1 N–H and O–H groups in total. The van der Waals surface area contributed by atoms with Crippen molar-refractivity contribution in [3.8, 4) is 16.9 Å². The summed E-state index contributed by atoms with van der Waals surface area (Å²) in [6.07, 6.45) is 0. The first-order valence-electron chi connectivity index (χ1n) is 6.84. The topological polar surface area (TPSA) is 33.4 Å². The van der Waals surface area contributed by atoms with Crippen LogP contribution in [0.4, 0.5) is 4.39 Å². The third kappa shape index (κ3) is 2.21. The van der Waals surface area contributed by atoms with Crippen LogP contribution in [0.1, 0.15) is 0 Å². The Balaban J connectivity index is 2.21. The van der Waals surface area contributed by atoms with Crippen molar-refractivity contribution in [1.29, 1.82) is 0 Å². The number of fused-ring (bicyclic) bond motifs is 3. The zero-order chi connectivity index (χ0) is 16.1. The van der Waals surface area contributed by atoms with E-state index in [1.54, 1.807) is 12.1 Å². The number of benzene rings is 3. The lowest BCUT2D eigenvalue weighted by atomic mass is 9.98. The maximum Gasteiger partial charge on any atom is 0.150 e. The van der Waals surface area contributed by atoms with Crippen molar-refractivity contribution in [3.63, 3.8) is 0 Å². The van der Waals surface area contributed by atoms with Crippen LogP contribution in [0.2, 0.25) is 5.02 Å². The van der Waals surface area contributed by atoms with E-state index < -0.39 is 5.82 Å². The molecule has 2 nitrogen and oxygen atoms in total. The molecule has 4 aromatic rings. The normalized spacial score (nSPS) is 11.4. The van der Waals surface area contributed by atoms with Gasteiger partial charge < -0.3 is 9.52 Å². The van der Waals surface area contributed by atoms with Crippen LogP contribution >= 0.6 is 27.5 Å². The van der Waals surface area contributed by atoms with Gasteiger partial charge >= 0.3 is 0 Å². The molecule has 0 atom stereocenters. The van der Waals surface area contributed by atoms with E-state index in [-0.39, 0.29) is 11.3 Å². The van der Waals surface area contributed by atoms with Gasteiger partial charge in [0.25, 0.3) is 0 Å². The fourth-order valence-corrected chi connectivity index (χ4v) is 3.47. The van der Waals surface area contributed by atoms with Gasteiger partial charge in [0, 0.05) is 26.9 Å². The molecule has 0 bridgehead atoms. The zero-order valence-electron chi connectivity index (χ0n) is 11.6. The highest BCUT2D eigenvalue weighted by atomic mass is 79.9. The molecular formula is C18H9BrClFO2. The quantitative estimate of drug-likeness (QED) is 0.401. The number of aromatic hydroxyl groups is 1. The van der Waals surface area contributed by atoms with E-state index in [1.807, 2.05) is 24.3 Å². The highest BCUT2D eigenvalue weighted by Gasteiger charge is 2.21. The van der Waals surface area contributed by atoms with Gasteiger partial charge in [0.05, 0.1) is 4.47 Å². The highest BCUT2D eigenvalue weighted by Crippen LogP contribution is 2.45. The van der Waals surface area contributed by atoms with Gasteiger partial charge in [-0.1, -0.05) is 29.8 Å². The molecule has 0 saturated heterocycles. The third-order valence-corrected chi connectivity index (χ3v) is 4.61. The number of rotatable bonds is 1. The lowest BCUT2D eigenvalue weighted by molar-refractivity contribution is 0.477. The van der Waals surface area contributed by atoms with Crippen LogP contribution in [0, 0.1) is 5.82 Å². The summed E-state index contributed by atoms with van der Waals surface area (Å²) in [6, 6.07) is 13.3. The Labute approximate surface area is 144 Å². The molecular weight excluding hydrogens is 383 g/mol. The predicted molar refractivity (Wildman–Crippen MR) is 93.5 cm³/mol. The largest absolute Gasteiger partial charge is 0.507 e. The first-order chi connectivity index (χ1) is 11.1. The van der Waals surface area contributed by atoms with Gasteiger partial charge in [-0.3, -0.25) is 0 Å². The first-order valence-corrected chi connectivity index (χ1v) is 8.01. The van der Waals surface area contributed by atoms with E-state index >= 15 is 0 Å². The molecule has 114 valence electrons. The van der Waals surface area contributed by atoms with Crippen LogP contribution in [0.25, 0.3) is 33.1 Å². The van der Waals surface area contributed by atoms with Crippen molar-refractivity contribution in [2.45, 2.75) is 0 Å². The minimum Gasteiger partial charge on any atom is -0.507 e. The van der Waals surface area contributed by atoms with Crippen LogP contribution in [0.3, 0.4) is 0 Å². The van der Waals surface area contributed by atoms with Crippen LogP contribution in [0.5, 0.6) is 5.75 Å². The molecule has 0 fully saturated rings. The van der Waals surface area contributed by atoms with E-state index in [0.717, 1.165) is 5.39 Å². The fourth-order valence-electron chi connectivity index (χ4n) is 2.81. The smallest absolute Gasteiger partial charge is 0.150 e. The van der Waals surface area contributed by atoms with E-state index in [2.05, 4.69) is 15.9 Å². The van der Waals surface area contributed by atoms with Crippen LogP contribution < -0.4 is 0 Å². The molecule has 0 saturated carbocycles. The lowest BCUT2D eigenvalue weighted by Crippen LogP contribution is -1.87. The van der Waals surface area contributed by atoms with E-state index in [9.17, 15) is 9.50 Å². The Morgan fingerprint density at radius 3 is 2.65 bits per heavy atom. The van der Waals surface area contributed by atoms with Crippen molar-refractivity contribution in [3.05, 3.63) is 63.8 Å². The summed E-state index contributed by atoms with van der Waals surface area (Å²) in [5, 5.41) is 12.2. The number of hydrogen-bond donors (Lipinski definition) is 1. The maximum atomic E-state index is 14.4. The molecule has 5 heteroatoms. The summed E-state index contributed by atoms with van der Waals surface area (Å²) in [6.45, 7) is 0. The zero-order valence-corrected chi connectivity index (χ0v) is 14.0. The molecule has 0 unspecified atom stereocenters. The van der Waals surface area contributed by atoms with Gasteiger partial charge in [-0.15, -0.1) is 0 Å². The van der Waals surface area contributed by atoms with Crippen molar-refractivity contribution >= 4 is 49.5 Å². The maximum absolute atomic E-state index is 14.4. The van der Waals surface area contributed by atoms with E-state index in [0.29, 0.717) is 31.6 Å². The van der Waals surface area contributed by atoms with Crippen LogP contribution in [-0.4, -0.2) is 5.11 Å². The van der Waals surface area contributed by atoms with E-state index in [4.69, 9.17) is 16.0 Å². The Kier molecular flexibility index (Phi) is 3.32. The SMILES string of the molecule is Oc1cc(Br)c2oc3ccccc3c2c1-c1ccc(Cl)cc1F. The molecule has 0 aliphatic heterocycles. The van der Waals surface area contributed by atoms with Crippen molar-refractivity contribution in [2.24, 2.45) is 0 Å². The standard InChI is InChI=1S/C18H9BrClFO2/c19-12-8-14(22)16(10-6-5-9(20)7-13(10)21)17-11-3-1-2-4-15(11)23-18(12)17/h1-8,22H. The lowest BCUT2D eigenvalue weighted by Gasteiger charge is -2.09. The van der Waals surface area contributed by atoms with Crippen LogP contribution in [-0.2, 0) is 0 Å². The molecule has 0 radical (unpaired) electrons. The summed E-state index contributed by atoms with van der Waals surface area (Å²) >= 11 is 9.23. The minimum atomic E-state index is -0.498. The number of furan rings is 1. The summed E-state index contributed by atoms with van der Waals surface area (Å²) in [5.74, 6) is -0.529.